The molecule has 108 valence electrons. The van der Waals surface area contributed by atoms with Crippen molar-refractivity contribution in [3.63, 3.8) is 0 Å². The minimum absolute atomic E-state index is 0.349. The van der Waals surface area contributed by atoms with Crippen molar-refractivity contribution >= 4 is 18.0 Å². The Labute approximate surface area is 111 Å². The Bertz CT molecular complexity index is 371. The second kappa shape index (κ2) is 6.40. The minimum Gasteiger partial charge on any atom is -0.481 e. The zero-order chi connectivity index (χ0) is 14.6. The van der Waals surface area contributed by atoms with Gasteiger partial charge in [-0.15, -0.1) is 0 Å². The number of aliphatic carboxylic acids is 2. The van der Waals surface area contributed by atoms with Crippen molar-refractivity contribution in [2.24, 2.45) is 11.8 Å². The van der Waals surface area contributed by atoms with E-state index in [1.807, 2.05) is 6.92 Å². The van der Waals surface area contributed by atoms with E-state index in [1.54, 1.807) is 4.90 Å². The Balaban J connectivity index is 2.57. The number of likely N-dealkylation sites (tertiary alicyclic amines) is 1. The van der Waals surface area contributed by atoms with Crippen LogP contribution in [0.2, 0.25) is 0 Å². The summed E-state index contributed by atoms with van der Waals surface area (Å²) in [4.78, 5) is 34.9. The van der Waals surface area contributed by atoms with E-state index >= 15 is 0 Å². The molecular formula is C12H20N2O5. The molecule has 3 atom stereocenters. The van der Waals surface area contributed by atoms with Gasteiger partial charge in [-0.3, -0.25) is 4.79 Å². The summed E-state index contributed by atoms with van der Waals surface area (Å²) in [5.74, 6) is -1.72. The number of urea groups is 1. The molecule has 0 spiro atoms. The van der Waals surface area contributed by atoms with Crippen LogP contribution in [0.5, 0.6) is 0 Å². The van der Waals surface area contributed by atoms with Crippen LogP contribution < -0.4 is 5.32 Å². The number of amides is 2. The summed E-state index contributed by atoms with van der Waals surface area (Å²) in [6.45, 7) is 5.28. The smallest absolute Gasteiger partial charge is 0.326 e. The van der Waals surface area contributed by atoms with Crippen LogP contribution in [0.15, 0.2) is 0 Å². The first-order valence-electron chi connectivity index (χ1n) is 6.31. The summed E-state index contributed by atoms with van der Waals surface area (Å²) in [5.41, 5.74) is 0. The van der Waals surface area contributed by atoms with Gasteiger partial charge in [0, 0.05) is 13.1 Å². The van der Waals surface area contributed by atoms with E-state index in [2.05, 4.69) is 12.2 Å². The van der Waals surface area contributed by atoms with Crippen LogP contribution in [0.3, 0.4) is 0 Å². The molecule has 1 aliphatic rings. The number of nitrogens with one attached hydrogen (secondary N) is 1. The Hall–Kier alpha value is -1.79. The molecule has 0 aliphatic carbocycles. The van der Waals surface area contributed by atoms with Crippen LogP contribution in [-0.4, -0.2) is 52.2 Å². The van der Waals surface area contributed by atoms with Gasteiger partial charge >= 0.3 is 18.0 Å². The Morgan fingerprint density at radius 2 is 1.89 bits per heavy atom. The van der Waals surface area contributed by atoms with E-state index < -0.39 is 30.4 Å². The predicted octanol–water partition coefficient (Wildman–Crippen LogP) is 0.602. The average Bonchev–Trinajstić information content (AvgIpc) is 2.31. The maximum atomic E-state index is 11.9. The van der Waals surface area contributed by atoms with Gasteiger partial charge in [-0.25, -0.2) is 9.59 Å². The Morgan fingerprint density at radius 3 is 2.37 bits per heavy atom. The maximum Gasteiger partial charge on any atom is 0.326 e. The quantitative estimate of drug-likeness (QED) is 0.694. The van der Waals surface area contributed by atoms with Gasteiger partial charge < -0.3 is 20.4 Å². The maximum absolute atomic E-state index is 11.9. The van der Waals surface area contributed by atoms with Gasteiger partial charge in [0.15, 0.2) is 0 Å². The highest BCUT2D eigenvalue weighted by molar-refractivity contribution is 5.86. The fraction of sp³-hybridized carbons (Fsp3) is 0.750. The topological polar surface area (TPSA) is 107 Å². The third-order valence-electron chi connectivity index (χ3n) is 3.60. The van der Waals surface area contributed by atoms with Crippen LogP contribution in [0.4, 0.5) is 4.79 Å². The summed E-state index contributed by atoms with van der Waals surface area (Å²) < 4.78 is 0. The van der Waals surface area contributed by atoms with E-state index in [4.69, 9.17) is 10.2 Å². The minimum atomic E-state index is -1.39. The van der Waals surface area contributed by atoms with Gasteiger partial charge in [0.1, 0.15) is 6.04 Å². The van der Waals surface area contributed by atoms with Crippen LogP contribution in [0.25, 0.3) is 0 Å². The molecule has 0 bridgehead atoms. The van der Waals surface area contributed by atoms with Crippen molar-refractivity contribution in [3.05, 3.63) is 0 Å². The number of hydrogen-bond donors (Lipinski definition) is 3. The third kappa shape index (κ3) is 4.42. The molecule has 0 aromatic heterocycles. The second-order valence-electron chi connectivity index (χ2n) is 5.13. The SMILES string of the molecule is CC1CCN(C(=O)N[C@@H](CC(=O)O)C(=O)O)CC1C. The molecule has 1 saturated heterocycles. The molecule has 0 saturated carbocycles. The van der Waals surface area contributed by atoms with Crippen LogP contribution in [-0.2, 0) is 9.59 Å². The number of carbonyl (C=O) groups is 3. The second-order valence-corrected chi connectivity index (χ2v) is 5.13. The van der Waals surface area contributed by atoms with Crippen LogP contribution in [0, 0.1) is 11.8 Å². The molecule has 3 N–H and O–H groups in total. The van der Waals surface area contributed by atoms with Crippen molar-refractivity contribution in [2.75, 3.05) is 13.1 Å². The highest BCUT2D eigenvalue weighted by Crippen LogP contribution is 2.22. The zero-order valence-electron chi connectivity index (χ0n) is 11.1. The molecule has 2 unspecified atom stereocenters. The largest absolute Gasteiger partial charge is 0.481 e. The number of piperidine rings is 1. The lowest BCUT2D eigenvalue weighted by Crippen LogP contribution is -2.52. The molecule has 0 aromatic rings. The molecule has 7 nitrogen and oxygen atoms in total. The average molecular weight is 272 g/mol. The monoisotopic (exact) mass is 272 g/mol. The Kier molecular flexibility index (Phi) is 5.14. The lowest BCUT2D eigenvalue weighted by Gasteiger charge is -2.35. The first-order valence-corrected chi connectivity index (χ1v) is 6.31. The molecule has 2 amide bonds. The molecule has 0 radical (unpaired) electrons. The summed E-state index contributed by atoms with van der Waals surface area (Å²) in [7, 11) is 0. The lowest BCUT2D eigenvalue weighted by atomic mass is 9.89. The van der Waals surface area contributed by atoms with E-state index in [9.17, 15) is 14.4 Å². The number of carboxylic acids is 2. The number of carboxylic acid groups (broad SMARTS) is 2. The van der Waals surface area contributed by atoms with E-state index in [1.165, 1.54) is 0 Å². The van der Waals surface area contributed by atoms with Crippen LogP contribution in [0.1, 0.15) is 26.7 Å². The van der Waals surface area contributed by atoms with Crippen molar-refractivity contribution in [2.45, 2.75) is 32.7 Å². The molecule has 1 heterocycles. The van der Waals surface area contributed by atoms with Gasteiger partial charge in [0.25, 0.3) is 0 Å². The van der Waals surface area contributed by atoms with Gasteiger partial charge in [-0.1, -0.05) is 13.8 Å². The number of rotatable bonds is 4. The summed E-state index contributed by atoms with van der Waals surface area (Å²) >= 11 is 0. The van der Waals surface area contributed by atoms with Gasteiger partial charge in [0.05, 0.1) is 6.42 Å². The molecule has 19 heavy (non-hydrogen) atoms. The molecule has 7 heteroatoms. The Morgan fingerprint density at radius 1 is 1.26 bits per heavy atom. The summed E-state index contributed by atoms with van der Waals surface area (Å²) in [6.07, 6.45) is 0.242. The molecule has 0 aromatic carbocycles. The lowest BCUT2D eigenvalue weighted by molar-refractivity contribution is -0.145. The fourth-order valence-electron chi connectivity index (χ4n) is 2.06. The van der Waals surface area contributed by atoms with E-state index in [-0.39, 0.29) is 0 Å². The number of nitrogens with zero attached hydrogens (tertiary/aromatic N) is 1. The van der Waals surface area contributed by atoms with Crippen LogP contribution >= 0.6 is 0 Å². The highest BCUT2D eigenvalue weighted by Gasteiger charge is 2.29. The summed E-state index contributed by atoms with van der Waals surface area (Å²) in [6, 6.07) is -1.90. The highest BCUT2D eigenvalue weighted by atomic mass is 16.4. The predicted molar refractivity (Wildman–Crippen MR) is 66.7 cm³/mol. The first kappa shape index (κ1) is 15.3. The van der Waals surface area contributed by atoms with E-state index in [0.29, 0.717) is 24.9 Å². The first-order chi connectivity index (χ1) is 8.81. The van der Waals surface area contributed by atoms with Crippen molar-refractivity contribution in [3.8, 4) is 0 Å². The standard InChI is InChI=1S/C12H20N2O5/c1-7-3-4-14(6-8(7)2)12(19)13-9(11(17)18)5-10(15)16/h7-9H,3-6H2,1-2H3,(H,13,19)(H,15,16)(H,17,18)/t7?,8?,9-/m0/s1. The van der Waals surface area contributed by atoms with Crippen molar-refractivity contribution in [1.29, 1.82) is 0 Å². The number of carbonyl (C=O) groups excluding carboxylic acids is 1. The van der Waals surface area contributed by atoms with Crippen molar-refractivity contribution in [1.82, 2.24) is 10.2 Å². The van der Waals surface area contributed by atoms with Crippen molar-refractivity contribution < 1.29 is 24.6 Å². The normalized spacial score (nSPS) is 24.6. The molecular weight excluding hydrogens is 252 g/mol. The molecule has 1 fully saturated rings. The van der Waals surface area contributed by atoms with E-state index in [0.717, 1.165) is 6.42 Å². The summed E-state index contributed by atoms with van der Waals surface area (Å²) in [5, 5.41) is 19.7. The third-order valence-corrected chi connectivity index (χ3v) is 3.60. The van der Waals surface area contributed by atoms with Gasteiger partial charge in [-0.05, 0) is 18.3 Å². The fourth-order valence-corrected chi connectivity index (χ4v) is 2.06. The van der Waals surface area contributed by atoms with Gasteiger partial charge in [-0.2, -0.15) is 0 Å². The number of hydrogen-bond acceptors (Lipinski definition) is 3. The molecule has 1 rings (SSSR count). The molecule has 1 aliphatic heterocycles. The zero-order valence-corrected chi connectivity index (χ0v) is 11.1. The van der Waals surface area contributed by atoms with Gasteiger partial charge in [0.2, 0.25) is 0 Å².